The van der Waals surface area contributed by atoms with Gasteiger partial charge in [0, 0.05) is 12.6 Å². The summed E-state index contributed by atoms with van der Waals surface area (Å²) in [6, 6.07) is 7.64. The van der Waals surface area contributed by atoms with Crippen molar-refractivity contribution in [3.05, 3.63) is 41.9 Å². The maximum Gasteiger partial charge on any atom is 0.256 e. The summed E-state index contributed by atoms with van der Waals surface area (Å²) in [6.45, 7) is 1.84. The molecule has 0 aliphatic rings. The zero-order valence-corrected chi connectivity index (χ0v) is 15.2. The molecule has 2 heterocycles. The van der Waals surface area contributed by atoms with Gasteiger partial charge in [-0.25, -0.2) is 9.50 Å². The number of methoxy groups -OCH3 is 2. The number of amides is 1. The van der Waals surface area contributed by atoms with Gasteiger partial charge in [-0.2, -0.15) is 5.10 Å². The molecule has 8 heteroatoms. The van der Waals surface area contributed by atoms with Gasteiger partial charge in [-0.3, -0.25) is 4.79 Å². The van der Waals surface area contributed by atoms with E-state index in [1.54, 1.807) is 18.7 Å². The zero-order valence-electron chi connectivity index (χ0n) is 14.4. The van der Waals surface area contributed by atoms with Gasteiger partial charge in [-0.05, 0) is 31.2 Å². The van der Waals surface area contributed by atoms with E-state index >= 15 is 0 Å². The van der Waals surface area contributed by atoms with Crippen molar-refractivity contribution in [3.63, 3.8) is 0 Å². The van der Waals surface area contributed by atoms with Crippen LogP contribution in [0.1, 0.15) is 11.4 Å². The predicted octanol–water partition coefficient (Wildman–Crippen LogP) is 2.51. The summed E-state index contributed by atoms with van der Waals surface area (Å²) in [5, 5.41) is 8.05. The Kier molecular flexibility index (Phi) is 4.71. The normalized spacial score (nSPS) is 11.6. The second kappa shape index (κ2) is 6.94. The third-order valence-electron chi connectivity index (χ3n) is 3.68. The molecule has 0 aliphatic carbocycles. The molecule has 0 aliphatic heterocycles. The molecule has 3 aromatic rings. The van der Waals surface area contributed by atoms with Crippen molar-refractivity contribution in [2.24, 2.45) is 0 Å². The van der Waals surface area contributed by atoms with Crippen molar-refractivity contribution in [1.29, 1.82) is 0 Å². The molecule has 1 aromatic carbocycles. The van der Waals surface area contributed by atoms with Crippen molar-refractivity contribution >= 4 is 27.8 Å². The van der Waals surface area contributed by atoms with E-state index in [1.165, 1.54) is 24.7 Å². The van der Waals surface area contributed by atoms with Crippen LogP contribution in [0.2, 0.25) is 0 Å². The SMILES string of the molecule is CNC(=O)C(=COC)c1c(C)nc2sc(-c3ccc(OC)cc3)nn12. The quantitative estimate of drug-likeness (QED) is 0.560. The van der Waals surface area contributed by atoms with Gasteiger partial charge in [0.05, 0.1) is 26.2 Å². The maximum atomic E-state index is 12.2. The first kappa shape index (κ1) is 17.0. The minimum Gasteiger partial charge on any atom is -0.503 e. The fraction of sp³-hybridized carbons (Fsp3) is 0.235. The second-order valence-corrected chi connectivity index (χ2v) is 6.18. The molecule has 0 atom stereocenters. The van der Waals surface area contributed by atoms with Gasteiger partial charge in [-0.15, -0.1) is 0 Å². The molecule has 25 heavy (non-hydrogen) atoms. The number of aryl methyl sites for hydroxylation is 1. The molecule has 0 saturated carbocycles. The number of benzene rings is 1. The van der Waals surface area contributed by atoms with E-state index in [0.29, 0.717) is 21.9 Å². The molecule has 7 nitrogen and oxygen atoms in total. The van der Waals surface area contributed by atoms with Crippen LogP contribution in [0.25, 0.3) is 21.1 Å². The molecule has 0 fully saturated rings. The Balaban J connectivity index is 2.11. The average molecular weight is 358 g/mol. The summed E-state index contributed by atoms with van der Waals surface area (Å²) in [4.78, 5) is 17.4. The first-order valence-corrected chi connectivity index (χ1v) is 8.36. The van der Waals surface area contributed by atoms with Crippen molar-refractivity contribution in [3.8, 4) is 16.3 Å². The van der Waals surface area contributed by atoms with Gasteiger partial charge < -0.3 is 14.8 Å². The lowest BCUT2D eigenvalue weighted by Crippen LogP contribution is -2.20. The number of nitrogens with zero attached hydrogens (tertiary/aromatic N) is 3. The fourth-order valence-electron chi connectivity index (χ4n) is 2.48. The third kappa shape index (κ3) is 3.08. The van der Waals surface area contributed by atoms with Gasteiger partial charge in [0.1, 0.15) is 22.0 Å². The van der Waals surface area contributed by atoms with Crippen molar-refractivity contribution in [2.45, 2.75) is 6.92 Å². The summed E-state index contributed by atoms with van der Waals surface area (Å²) < 4.78 is 11.9. The number of ether oxygens (including phenoxy) is 2. The van der Waals surface area contributed by atoms with Crippen LogP contribution in [-0.2, 0) is 9.53 Å². The van der Waals surface area contributed by atoms with Gasteiger partial charge in [0.2, 0.25) is 4.96 Å². The number of rotatable bonds is 5. The standard InChI is InChI=1S/C17H18N4O3S/c1-10-14(13(9-23-3)15(22)18-2)21-17(19-10)25-16(20-21)11-5-7-12(24-4)8-6-11/h5-9H,1-4H3,(H,18,22). The van der Waals surface area contributed by atoms with E-state index in [4.69, 9.17) is 9.47 Å². The first-order valence-electron chi connectivity index (χ1n) is 7.55. The number of carbonyl (C=O) groups is 1. The number of likely N-dealkylation sites (N-methyl/N-ethyl adjacent to an activating group) is 1. The Bertz CT molecular complexity index is 941. The van der Waals surface area contributed by atoms with Crippen LogP contribution in [0.3, 0.4) is 0 Å². The topological polar surface area (TPSA) is 77.8 Å². The maximum absolute atomic E-state index is 12.2. The lowest BCUT2D eigenvalue weighted by atomic mass is 10.1. The average Bonchev–Trinajstić information content (AvgIpc) is 3.16. The summed E-state index contributed by atoms with van der Waals surface area (Å²) in [6.07, 6.45) is 1.40. The van der Waals surface area contributed by atoms with Crippen LogP contribution in [0.4, 0.5) is 0 Å². The molecular formula is C17H18N4O3S. The fourth-order valence-corrected chi connectivity index (χ4v) is 3.43. The van der Waals surface area contributed by atoms with Crippen LogP contribution in [0, 0.1) is 6.92 Å². The largest absolute Gasteiger partial charge is 0.503 e. The summed E-state index contributed by atoms with van der Waals surface area (Å²) in [7, 11) is 4.70. The van der Waals surface area contributed by atoms with Crippen molar-refractivity contribution < 1.29 is 14.3 Å². The highest BCUT2D eigenvalue weighted by Crippen LogP contribution is 2.30. The van der Waals surface area contributed by atoms with E-state index in [2.05, 4.69) is 15.4 Å². The van der Waals surface area contributed by atoms with E-state index in [1.807, 2.05) is 31.2 Å². The second-order valence-electron chi connectivity index (χ2n) is 5.22. The number of imidazole rings is 1. The molecule has 0 bridgehead atoms. The van der Waals surface area contributed by atoms with Crippen LogP contribution >= 0.6 is 11.3 Å². The Morgan fingerprint density at radius 3 is 2.60 bits per heavy atom. The number of hydrogen-bond donors (Lipinski definition) is 1. The molecule has 1 amide bonds. The molecule has 130 valence electrons. The van der Waals surface area contributed by atoms with E-state index in [9.17, 15) is 4.79 Å². The zero-order chi connectivity index (χ0) is 18.0. The van der Waals surface area contributed by atoms with Crippen LogP contribution in [-0.4, -0.2) is 41.8 Å². The molecule has 0 spiro atoms. The summed E-state index contributed by atoms with van der Waals surface area (Å²) >= 11 is 1.45. The Morgan fingerprint density at radius 2 is 2.00 bits per heavy atom. The van der Waals surface area contributed by atoms with Gasteiger partial charge in [0.15, 0.2) is 0 Å². The molecule has 1 N–H and O–H groups in total. The van der Waals surface area contributed by atoms with Crippen LogP contribution in [0.5, 0.6) is 5.75 Å². The number of fused-ring (bicyclic) bond motifs is 1. The lowest BCUT2D eigenvalue weighted by molar-refractivity contribution is -0.115. The number of carbonyl (C=O) groups excluding carboxylic acids is 1. The van der Waals surface area contributed by atoms with E-state index in [-0.39, 0.29) is 5.91 Å². The van der Waals surface area contributed by atoms with Gasteiger partial charge in [-0.1, -0.05) is 11.3 Å². The number of aromatic nitrogens is 3. The molecular weight excluding hydrogens is 340 g/mol. The number of nitrogens with one attached hydrogen (secondary N) is 1. The Labute approximate surface area is 148 Å². The van der Waals surface area contributed by atoms with Crippen molar-refractivity contribution in [2.75, 3.05) is 21.3 Å². The van der Waals surface area contributed by atoms with Crippen molar-refractivity contribution in [1.82, 2.24) is 19.9 Å². The minimum atomic E-state index is -0.259. The Morgan fingerprint density at radius 1 is 1.28 bits per heavy atom. The highest BCUT2D eigenvalue weighted by molar-refractivity contribution is 7.19. The summed E-state index contributed by atoms with van der Waals surface area (Å²) in [5.74, 6) is 0.525. The van der Waals surface area contributed by atoms with Crippen LogP contribution in [0.15, 0.2) is 30.5 Å². The monoisotopic (exact) mass is 358 g/mol. The van der Waals surface area contributed by atoms with Gasteiger partial charge in [0.25, 0.3) is 5.91 Å². The molecule has 0 unspecified atom stereocenters. The smallest absolute Gasteiger partial charge is 0.256 e. The third-order valence-corrected chi connectivity index (χ3v) is 4.63. The number of hydrogen-bond acceptors (Lipinski definition) is 6. The highest BCUT2D eigenvalue weighted by atomic mass is 32.1. The van der Waals surface area contributed by atoms with Gasteiger partial charge >= 0.3 is 0 Å². The minimum absolute atomic E-state index is 0.259. The van der Waals surface area contributed by atoms with Crippen LogP contribution < -0.4 is 10.1 Å². The lowest BCUT2D eigenvalue weighted by Gasteiger charge is -2.05. The molecule has 2 aromatic heterocycles. The molecule has 3 rings (SSSR count). The first-order chi connectivity index (χ1) is 12.1. The summed E-state index contributed by atoms with van der Waals surface area (Å²) in [5.41, 5.74) is 2.66. The van der Waals surface area contributed by atoms with E-state index < -0.39 is 0 Å². The molecule has 0 radical (unpaired) electrons. The Hall–Kier alpha value is -2.87. The molecule has 0 saturated heterocycles. The van der Waals surface area contributed by atoms with E-state index in [0.717, 1.165) is 16.3 Å². The highest BCUT2D eigenvalue weighted by Gasteiger charge is 2.22. The predicted molar refractivity (Wildman–Crippen MR) is 96.6 cm³/mol.